The molecular formula is C25H36NO13P. The summed E-state index contributed by atoms with van der Waals surface area (Å²) in [6.07, 6.45) is -11.3. The number of nitrogens with zero attached hydrogens (tertiary/aromatic N) is 1. The van der Waals surface area contributed by atoms with Crippen molar-refractivity contribution in [1.29, 1.82) is 0 Å². The van der Waals surface area contributed by atoms with Crippen LogP contribution in [0.1, 0.15) is 33.6 Å². The Bertz CT molecular complexity index is 1060. The molecule has 3 heterocycles. The van der Waals surface area contributed by atoms with Gasteiger partial charge in [0.25, 0.3) is 11.8 Å². The van der Waals surface area contributed by atoms with E-state index in [2.05, 4.69) is 0 Å². The molecule has 0 aromatic heterocycles. The van der Waals surface area contributed by atoms with Crippen LogP contribution in [0.2, 0.25) is 0 Å². The number of imide groups is 1. The highest BCUT2D eigenvalue weighted by atomic mass is 31.2. The molecule has 0 saturated carbocycles. The van der Waals surface area contributed by atoms with Crippen molar-refractivity contribution in [1.82, 2.24) is 5.06 Å². The first-order valence-corrected chi connectivity index (χ1v) is 15.8. The number of hydrogen-bond acceptors (Lipinski definition) is 13. The Balaban J connectivity index is 1.37. The molecule has 1 aromatic carbocycles. The van der Waals surface area contributed by atoms with Gasteiger partial charge >= 0.3 is 0 Å². The van der Waals surface area contributed by atoms with Gasteiger partial charge in [-0.2, -0.15) is 0 Å². The van der Waals surface area contributed by atoms with E-state index in [0.717, 1.165) is 0 Å². The van der Waals surface area contributed by atoms with Crippen LogP contribution in [0, 0.1) is 0 Å². The van der Waals surface area contributed by atoms with Crippen molar-refractivity contribution in [2.45, 2.75) is 68.1 Å². The van der Waals surface area contributed by atoms with Crippen molar-refractivity contribution in [3.8, 4) is 0 Å². The Hall–Kier alpha value is -1.81. The maximum Gasteiger partial charge on any atom is 0.285 e. The van der Waals surface area contributed by atoms with Crippen LogP contribution in [0.3, 0.4) is 0 Å². The number of carbonyl (C=O) groups is 2. The van der Waals surface area contributed by atoms with E-state index in [0.29, 0.717) is 5.06 Å². The highest BCUT2D eigenvalue weighted by Gasteiger charge is 2.48. The molecule has 4 rings (SSSR count). The fraction of sp³-hybridized carbons (Fsp3) is 0.680. The standard InChI is InChI=1S/C25H36NO13P/c1-40(2,34)10-7-16-19(29)15(28)11-18(37-16)39-22-21(31)20(30)17(12-27)38-25(22)35-8-9-36-26-23(32)13-5-3-4-6-14(13)24(26)33/h3-6,15-22,25,27-31H,7-12H2,1-2H3/t15-,16?,17?,18-,19+,20-,21+,22?,25+/m1/s1. The topological polar surface area (TPSA) is 202 Å². The highest BCUT2D eigenvalue weighted by molar-refractivity contribution is 7.62. The second-order valence-corrected chi connectivity index (χ2v) is 14.0. The zero-order valence-corrected chi connectivity index (χ0v) is 23.0. The van der Waals surface area contributed by atoms with Crippen LogP contribution in [0.25, 0.3) is 0 Å². The van der Waals surface area contributed by atoms with E-state index in [1.165, 1.54) is 12.1 Å². The van der Waals surface area contributed by atoms with E-state index in [1.54, 1.807) is 25.5 Å². The molecule has 1 aromatic rings. The van der Waals surface area contributed by atoms with Gasteiger partial charge in [0.15, 0.2) is 12.6 Å². The lowest BCUT2D eigenvalue weighted by molar-refractivity contribution is -0.351. The average molecular weight is 590 g/mol. The van der Waals surface area contributed by atoms with E-state index in [-0.39, 0.29) is 43.3 Å². The fourth-order valence-electron chi connectivity index (χ4n) is 4.77. The molecule has 224 valence electrons. The molecule has 0 aliphatic carbocycles. The van der Waals surface area contributed by atoms with Crippen molar-refractivity contribution in [3.05, 3.63) is 35.4 Å². The summed E-state index contributed by atoms with van der Waals surface area (Å²) in [5.41, 5.74) is 0.415. The van der Waals surface area contributed by atoms with Gasteiger partial charge in [-0.1, -0.05) is 12.1 Å². The van der Waals surface area contributed by atoms with Crippen molar-refractivity contribution < 1.29 is 63.5 Å². The smallest absolute Gasteiger partial charge is 0.285 e. The maximum atomic E-state index is 12.5. The largest absolute Gasteiger partial charge is 0.394 e. The molecule has 14 nitrogen and oxygen atoms in total. The normalized spacial score (nSPS) is 34.8. The zero-order chi connectivity index (χ0) is 29.2. The molecule has 0 bridgehead atoms. The fourth-order valence-corrected chi connectivity index (χ4v) is 5.64. The predicted octanol–water partition coefficient (Wildman–Crippen LogP) is -1.10. The third-order valence-corrected chi connectivity index (χ3v) is 8.30. The summed E-state index contributed by atoms with van der Waals surface area (Å²) in [5.74, 6) is -1.25. The van der Waals surface area contributed by atoms with Crippen LogP contribution in [-0.4, -0.2) is 137 Å². The molecule has 15 heteroatoms. The average Bonchev–Trinajstić information content (AvgIpc) is 3.15. The number of ether oxygens (including phenoxy) is 4. The number of benzene rings is 1. The molecule has 0 radical (unpaired) electrons. The summed E-state index contributed by atoms with van der Waals surface area (Å²) in [6.45, 7) is 2.03. The zero-order valence-electron chi connectivity index (χ0n) is 22.1. The molecule has 5 N–H and O–H groups in total. The number of fused-ring (bicyclic) bond motifs is 1. The van der Waals surface area contributed by atoms with Gasteiger partial charge in [0.2, 0.25) is 0 Å². The van der Waals surface area contributed by atoms with E-state index < -0.39 is 80.9 Å². The molecule has 0 spiro atoms. The molecule has 3 unspecified atom stereocenters. The lowest BCUT2D eigenvalue weighted by atomic mass is 9.97. The first-order valence-electron chi connectivity index (χ1n) is 13.0. The minimum Gasteiger partial charge on any atom is -0.394 e. The SMILES string of the molecule is CP(C)(=O)CCC1O[C@H](OC2[C@@H](OCCON3C(=O)c4ccccc4C3=O)OC(CO)[C@@H](O)[C@@H]2O)C[C@@H](O)[C@@H]1O. The van der Waals surface area contributed by atoms with Crippen LogP contribution in [0.4, 0.5) is 0 Å². The number of hydroxylamine groups is 2. The third kappa shape index (κ3) is 6.97. The Morgan fingerprint density at radius 1 is 0.950 bits per heavy atom. The first kappa shape index (κ1) is 31.1. The van der Waals surface area contributed by atoms with Gasteiger partial charge < -0.3 is 49.0 Å². The van der Waals surface area contributed by atoms with Crippen LogP contribution < -0.4 is 0 Å². The lowest BCUT2D eigenvalue weighted by Gasteiger charge is -2.44. The van der Waals surface area contributed by atoms with Gasteiger partial charge in [0.05, 0.1) is 50.3 Å². The number of hydrogen-bond donors (Lipinski definition) is 5. The number of aliphatic hydroxyl groups excluding tert-OH is 5. The molecule has 9 atom stereocenters. The highest BCUT2D eigenvalue weighted by Crippen LogP contribution is 2.38. The van der Waals surface area contributed by atoms with Crippen LogP contribution in [-0.2, 0) is 28.4 Å². The van der Waals surface area contributed by atoms with E-state index in [9.17, 15) is 39.7 Å². The molecular weight excluding hydrogens is 553 g/mol. The molecule has 3 aliphatic rings. The van der Waals surface area contributed by atoms with Gasteiger partial charge in [0, 0.05) is 12.6 Å². The quantitative estimate of drug-likeness (QED) is 0.118. The number of aliphatic hydroxyl groups is 5. The Labute approximate surface area is 230 Å². The van der Waals surface area contributed by atoms with Gasteiger partial charge in [-0.05, 0) is 31.9 Å². The Morgan fingerprint density at radius 2 is 1.60 bits per heavy atom. The molecule has 3 aliphatic heterocycles. The van der Waals surface area contributed by atoms with Gasteiger partial charge in [-0.25, -0.2) is 0 Å². The van der Waals surface area contributed by atoms with Gasteiger partial charge in [0.1, 0.15) is 30.5 Å². The summed E-state index contributed by atoms with van der Waals surface area (Å²) in [7, 11) is -2.43. The van der Waals surface area contributed by atoms with Crippen LogP contribution >= 0.6 is 7.14 Å². The molecule has 40 heavy (non-hydrogen) atoms. The third-order valence-electron chi connectivity index (χ3n) is 6.96. The summed E-state index contributed by atoms with van der Waals surface area (Å²) >= 11 is 0. The molecule has 2 saturated heterocycles. The maximum absolute atomic E-state index is 12.5. The molecule has 2 amide bonds. The predicted molar refractivity (Wildman–Crippen MR) is 136 cm³/mol. The van der Waals surface area contributed by atoms with Crippen LogP contribution in [0.15, 0.2) is 24.3 Å². The molecule has 2 fully saturated rings. The summed E-state index contributed by atoms with van der Waals surface area (Å²) < 4.78 is 35.0. The van der Waals surface area contributed by atoms with Crippen molar-refractivity contribution in [2.75, 3.05) is 39.3 Å². The van der Waals surface area contributed by atoms with E-state index in [4.69, 9.17) is 23.8 Å². The second kappa shape index (κ2) is 13.0. The monoisotopic (exact) mass is 589 g/mol. The first-order chi connectivity index (χ1) is 18.9. The van der Waals surface area contributed by atoms with Gasteiger partial charge in [-0.3, -0.25) is 14.4 Å². The number of carbonyl (C=O) groups excluding carboxylic acids is 2. The lowest BCUT2D eigenvalue weighted by Crippen LogP contribution is -2.62. The Kier molecular flexibility index (Phi) is 10.1. The number of amides is 2. The van der Waals surface area contributed by atoms with Crippen molar-refractivity contribution >= 4 is 19.0 Å². The van der Waals surface area contributed by atoms with Crippen molar-refractivity contribution in [3.63, 3.8) is 0 Å². The number of rotatable bonds is 11. The summed E-state index contributed by atoms with van der Waals surface area (Å²) in [6, 6.07) is 6.26. The van der Waals surface area contributed by atoms with E-state index >= 15 is 0 Å². The van der Waals surface area contributed by atoms with Crippen LogP contribution in [0.5, 0.6) is 0 Å². The minimum absolute atomic E-state index is 0.175. The van der Waals surface area contributed by atoms with Crippen molar-refractivity contribution in [2.24, 2.45) is 0 Å². The Morgan fingerprint density at radius 3 is 2.20 bits per heavy atom. The summed E-state index contributed by atoms with van der Waals surface area (Å²) in [5, 5.41) is 52.1. The van der Waals surface area contributed by atoms with Gasteiger partial charge in [-0.15, -0.1) is 5.06 Å². The van der Waals surface area contributed by atoms with E-state index in [1.807, 2.05) is 0 Å². The minimum atomic E-state index is -2.43. The summed E-state index contributed by atoms with van der Waals surface area (Å²) in [4.78, 5) is 30.2. The second-order valence-electron chi connectivity index (χ2n) is 10.4.